The van der Waals surface area contributed by atoms with Gasteiger partial charge < -0.3 is 5.73 Å². The maximum atomic E-state index is 12.4. The molecule has 0 aromatic carbocycles. The van der Waals surface area contributed by atoms with E-state index in [-0.39, 0.29) is 17.0 Å². The summed E-state index contributed by atoms with van der Waals surface area (Å²) in [6.07, 6.45) is -3.22. The number of aromatic nitrogens is 2. The lowest BCUT2D eigenvalue weighted by atomic mass is 10.1. The van der Waals surface area contributed by atoms with Gasteiger partial charge in [-0.05, 0) is 18.2 Å². The Morgan fingerprint density at radius 2 is 1.94 bits per heavy atom. The number of nitrogen functional groups attached to an aromatic ring is 1. The van der Waals surface area contributed by atoms with Crippen LogP contribution in [0.25, 0.3) is 10.9 Å². The van der Waals surface area contributed by atoms with Gasteiger partial charge in [-0.3, -0.25) is 10.4 Å². The summed E-state index contributed by atoms with van der Waals surface area (Å²) >= 11 is 0. The molecule has 0 spiro atoms. The molecule has 17 heavy (non-hydrogen) atoms. The number of amidine groups is 1. The van der Waals surface area contributed by atoms with Crippen LogP contribution in [0.3, 0.4) is 0 Å². The maximum Gasteiger partial charge on any atom is 0.433 e. The third kappa shape index (κ3) is 2.03. The van der Waals surface area contributed by atoms with Gasteiger partial charge in [0.25, 0.3) is 0 Å². The van der Waals surface area contributed by atoms with E-state index >= 15 is 0 Å². The average molecular weight is 240 g/mol. The van der Waals surface area contributed by atoms with Crippen molar-refractivity contribution < 1.29 is 13.2 Å². The van der Waals surface area contributed by atoms with Gasteiger partial charge in [0, 0.05) is 11.6 Å². The van der Waals surface area contributed by atoms with Crippen molar-refractivity contribution in [3.63, 3.8) is 0 Å². The highest BCUT2D eigenvalue weighted by Gasteiger charge is 2.32. The summed E-state index contributed by atoms with van der Waals surface area (Å²) in [6, 6.07) is 3.41. The Hall–Kier alpha value is -2.18. The quantitative estimate of drug-likeness (QED) is 0.590. The molecule has 2 aromatic heterocycles. The van der Waals surface area contributed by atoms with Crippen molar-refractivity contribution in [3.8, 4) is 0 Å². The monoisotopic (exact) mass is 240 g/mol. The minimum absolute atomic E-state index is 0.111. The highest BCUT2D eigenvalue weighted by atomic mass is 19.4. The Labute approximate surface area is 93.8 Å². The largest absolute Gasteiger partial charge is 0.433 e. The van der Waals surface area contributed by atoms with Gasteiger partial charge >= 0.3 is 6.18 Å². The van der Waals surface area contributed by atoms with Gasteiger partial charge in [0.2, 0.25) is 0 Å². The fraction of sp³-hybridized carbons (Fsp3) is 0.100. The van der Waals surface area contributed by atoms with Crippen molar-refractivity contribution in [3.05, 3.63) is 35.8 Å². The molecule has 7 heteroatoms. The normalized spacial score (nSPS) is 11.7. The molecule has 2 rings (SSSR count). The van der Waals surface area contributed by atoms with Crippen LogP contribution in [0, 0.1) is 5.41 Å². The lowest BCUT2D eigenvalue weighted by Crippen LogP contribution is -2.14. The van der Waals surface area contributed by atoms with E-state index in [0.717, 1.165) is 6.07 Å². The van der Waals surface area contributed by atoms with Crippen LogP contribution in [-0.2, 0) is 6.18 Å². The number of hydrogen-bond donors (Lipinski definition) is 2. The number of nitrogens with two attached hydrogens (primary N) is 1. The van der Waals surface area contributed by atoms with Gasteiger partial charge in [0.05, 0.1) is 5.52 Å². The summed E-state index contributed by atoms with van der Waals surface area (Å²) < 4.78 is 37.3. The molecular formula is C10H7F3N4. The molecule has 0 bridgehead atoms. The SMILES string of the molecule is N=C(N)c1nccc2nc(C(F)(F)F)ccc12. The predicted molar refractivity (Wildman–Crippen MR) is 55.6 cm³/mol. The molecule has 0 aliphatic carbocycles. The molecule has 2 aromatic rings. The first-order chi connectivity index (χ1) is 7.89. The fourth-order valence-electron chi connectivity index (χ4n) is 1.43. The van der Waals surface area contributed by atoms with E-state index in [1.54, 1.807) is 0 Å². The highest BCUT2D eigenvalue weighted by Crippen LogP contribution is 2.29. The van der Waals surface area contributed by atoms with Crippen LogP contribution in [0.4, 0.5) is 13.2 Å². The molecular weight excluding hydrogens is 233 g/mol. The first kappa shape index (κ1) is 11.3. The van der Waals surface area contributed by atoms with Crippen LogP contribution in [0.2, 0.25) is 0 Å². The Bertz CT molecular complexity index is 592. The second-order valence-corrected chi connectivity index (χ2v) is 3.33. The van der Waals surface area contributed by atoms with E-state index in [2.05, 4.69) is 9.97 Å². The zero-order valence-corrected chi connectivity index (χ0v) is 8.42. The van der Waals surface area contributed by atoms with Gasteiger partial charge in [-0.1, -0.05) is 0 Å². The standard InChI is InChI=1S/C10H7F3N4/c11-10(12,13)7-2-1-5-6(17-7)3-4-16-8(5)9(14)15/h1-4H,(H3,14,15). The summed E-state index contributed by atoms with van der Waals surface area (Å²) in [4.78, 5) is 7.30. The molecule has 0 unspecified atom stereocenters. The Kier molecular flexibility index (Phi) is 2.45. The lowest BCUT2D eigenvalue weighted by Gasteiger charge is -2.08. The molecule has 2 heterocycles. The van der Waals surface area contributed by atoms with Crippen LogP contribution in [-0.4, -0.2) is 15.8 Å². The molecule has 88 valence electrons. The summed E-state index contributed by atoms with van der Waals surface area (Å²) in [5.41, 5.74) is 4.53. The minimum Gasteiger partial charge on any atom is -0.382 e. The van der Waals surface area contributed by atoms with Crippen LogP contribution in [0.1, 0.15) is 11.4 Å². The summed E-state index contributed by atoms with van der Waals surface area (Å²) in [6.45, 7) is 0. The second kappa shape index (κ2) is 3.69. The van der Waals surface area contributed by atoms with Crippen molar-refractivity contribution in [1.82, 2.24) is 9.97 Å². The van der Waals surface area contributed by atoms with E-state index in [0.29, 0.717) is 5.39 Å². The zero-order valence-electron chi connectivity index (χ0n) is 8.42. The third-order valence-electron chi connectivity index (χ3n) is 2.16. The molecule has 0 atom stereocenters. The van der Waals surface area contributed by atoms with Crippen molar-refractivity contribution in [2.45, 2.75) is 6.18 Å². The van der Waals surface area contributed by atoms with Crippen molar-refractivity contribution in [2.75, 3.05) is 0 Å². The lowest BCUT2D eigenvalue weighted by molar-refractivity contribution is -0.140. The average Bonchev–Trinajstić information content (AvgIpc) is 2.26. The Morgan fingerprint density at radius 1 is 1.24 bits per heavy atom. The third-order valence-corrected chi connectivity index (χ3v) is 2.16. The number of hydrogen-bond acceptors (Lipinski definition) is 3. The molecule has 0 radical (unpaired) electrons. The van der Waals surface area contributed by atoms with Gasteiger partial charge in [0.15, 0.2) is 0 Å². The first-order valence-corrected chi connectivity index (χ1v) is 4.57. The molecule has 0 saturated carbocycles. The molecule has 0 saturated heterocycles. The highest BCUT2D eigenvalue weighted by molar-refractivity contribution is 6.04. The summed E-state index contributed by atoms with van der Waals surface area (Å²) in [5.74, 6) is -0.308. The van der Waals surface area contributed by atoms with E-state index < -0.39 is 11.9 Å². The van der Waals surface area contributed by atoms with Crippen LogP contribution in [0.15, 0.2) is 24.4 Å². The summed E-state index contributed by atoms with van der Waals surface area (Å²) in [7, 11) is 0. The molecule has 4 nitrogen and oxygen atoms in total. The summed E-state index contributed by atoms with van der Waals surface area (Å²) in [5, 5.41) is 7.59. The number of nitrogens with one attached hydrogen (secondary N) is 1. The van der Waals surface area contributed by atoms with Crippen molar-refractivity contribution in [1.29, 1.82) is 5.41 Å². The first-order valence-electron chi connectivity index (χ1n) is 4.57. The number of fused-ring (bicyclic) bond motifs is 1. The molecule has 0 aliphatic heterocycles. The second-order valence-electron chi connectivity index (χ2n) is 3.33. The predicted octanol–water partition coefficient (Wildman–Crippen LogP) is 1.93. The number of alkyl halides is 3. The zero-order chi connectivity index (χ0) is 12.6. The number of halogens is 3. The van der Waals surface area contributed by atoms with Crippen molar-refractivity contribution in [2.24, 2.45) is 5.73 Å². The number of nitrogens with zero attached hydrogens (tertiary/aromatic N) is 2. The fourth-order valence-corrected chi connectivity index (χ4v) is 1.43. The smallest absolute Gasteiger partial charge is 0.382 e. The van der Waals surface area contributed by atoms with Gasteiger partial charge in [-0.25, -0.2) is 4.98 Å². The minimum atomic E-state index is -4.49. The van der Waals surface area contributed by atoms with Crippen LogP contribution < -0.4 is 5.73 Å². The Balaban J connectivity index is 2.69. The van der Waals surface area contributed by atoms with Gasteiger partial charge in [-0.2, -0.15) is 13.2 Å². The van der Waals surface area contributed by atoms with E-state index in [9.17, 15) is 13.2 Å². The molecule has 3 N–H and O–H groups in total. The molecule has 0 amide bonds. The van der Waals surface area contributed by atoms with E-state index in [4.69, 9.17) is 11.1 Å². The van der Waals surface area contributed by atoms with E-state index in [1.165, 1.54) is 18.3 Å². The topological polar surface area (TPSA) is 75.7 Å². The Morgan fingerprint density at radius 3 is 2.53 bits per heavy atom. The number of pyridine rings is 2. The number of rotatable bonds is 1. The van der Waals surface area contributed by atoms with Gasteiger partial charge in [-0.15, -0.1) is 0 Å². The maximum absolute atomic E-state index is 12.4. The van der Waals surface area contributed by atoms with Crippen LogP contribution >= 0.6 is 0 Å². The molecule has 0 fully saturated rings. The molecule has 0 aliphatic rings. The van der Waals surface area contributed by atoms with Crippen molar-refractivity contribution >= 4 is 16.7 Å². The van der Waals surface area contributed by atoms with Gasteiger partial charge in [0.1, 0.15) is 17.2 Å². The van der Waals surface area contributed by atoms with E-state index in [1.807, 2.05) is 0 Å². The van der Waals surface area contributed by atoms with Crippen LogP contribution in [0.5, 0.6) is 0 Å².